The first kappa shape index (κ1) is 34.7. The summed E-state index contributed by atoms with van der Waals surface area (Å²) in [4.78, 5) is 80.2. The van der Waals surface area contributed by atoms with E-state index in [4.69, 9.17) is 9.47 Å². The number of rotatable bonds is 12. The summed E-state index contributed by atoms with van der Waals surface area (Å²) in [5.41, 5.74) is -1.23. The van der Waals surface area contributed by atoms with Crippen molar-refractivity contribution in [1.29, 1.82) is 0 Å². The van der Waals surface area contributed by atoms with E-state index in [0.29, 0.717) is 5.69 Å². The average Bonchev–Trinajstić information content (AvgIpc) is 3.78. The van der Waals surface area contributed by atoms with Crippen LogP contribution in [0.4, 0.5) is 9.59 Å². The lowest BCUT2D eigenvalue weighted by Crippen LogP contribution is -2.56. The Kier molecular flexibility index (Phi) is 11.1. The minimum absolute atomic E-state index is 0.0131. The van der Waals surface area contributed by atoms with Crippen molar-refractivity contribution < 1.29 is 43.3 Å². The van der Waals surface area contributed by atoms with Crippen molar-refractivity contribution in [2.75, 3.05) is 39.8 Å². The maximum atomic E-state index is 13.5. The summed E-state index contributed by atoms with van der Waals surface area (Å²) in [7, 11) is 1.35. The third kappa shape index (κ3) is 8.98. The van der Waals surface area contributed by atoms with Gasteiger partial charge in [-0.2, -0.15) is 5.10 Å². The van der Waals surface area contributed by atoms with Crippen molar-refractivity contribution in [2.24, 2.45) is 0 Å². The Bertz CT molecular complexity index is 1480. The van der Waals surface area contributed by atoms with Gasteiger partial charge in [0.1, 0.15) is 6.04 Å². The number of ether oxygens (including phenoxy) is 2. The van der Waals surface area contributed by atoms with E-state index < -0.39 is 47.5 Å². The van der Waals surface area contributed by atoms with E-state index in [2.05, 4.69) is 15.7 Å². The summed E-state index contributed by atoms with van der Waals surface area (Å²) in [6.07, 6.45) is 0.648. The molecule has 47 heavy (non-hydrogen) atoms. The van der Waals surface area contributed by atoms with Crippen LogP contribution in [0.25, 0.3) is 5.69 Å². The molecule has 0 spiro atoms. The third-order valence-electron chi connectivity index (χ3n) is 7.67. The molecule has 1 saturated carbocycles. The predicted molar refractivity (Wildman–Crippen MR) is 166 cm³/mol. The van der Waals surface area contributed by atoms with Crippen LogP contribution < -0.4 is 15.4 Å². The number of amides is 6. The Morgan fingerprint density at radius 1 is 1.04 bits per heavy atom. The van der Waals surface area contributed by atoms with Crippen molar-refractivity contribution >= 4 is 35.8 Å². The molecule has 1 saturated heterocycles. The molecule has 1 aromatic heterocycles. The van der Waals surface area contributed by atoms with Gasteiger partial charge in [0.15, 0.2) is 11.3 Å². The SMILES string of the molecule is CCOC(=O)N1CCN(C(=O)[C@H](CCC(=O)O)NC(=O)c2cc(OC(C)(C)C(=O)N(C)C(=O)NC3CC3)n(-c3ccccc3)n2)CC1. The van der Waals surface area contributed by atoms with Gasteiger partial charge in [-0.1, -0.05) is 18.2 Å². The van der Waals surface area contributed by atoms with Gasteiger partial charge >= 0.3 is 18.1 Å². The van der Waals surface area contributed by atoms with Gasteiger partial charge in [0, 0.05) is 51.8 Å². The smallest absolute Gasteiger partial charge is 0.409 e. The van der Waals surface area contributed by atoms with Gasteiger partial charge in [-0.15, -0.1) is 0 Å². The number of aromatic nitrogens is 2. The van der Waals surface area contributed by atoms with Gasteiger partial charge < -0.3 is 35.0 Å². The normalized spacial score (nSPS) is 15.3. The molecular formula is C31H41N7O9. The van der Waals surface area contributed by atoms with Crippen molar-refractivity contribution in [1.82, 2.24) is 35.1 Å². The van der Waals surface area contributed by atoms with Crippen LogP contribution in [0.15, 0.2) is 36.4 Å². The second-order valence-electron chi connectivity index (χ2n) is 11.8. The highest BCUT2D eigenvalue weighted by atomic mass is 16.6. The lowest BCUT2D eigenvalue weighted by molar-refractivity contribution is -0.141. The Labute approximate surface area is 271 Å². The van der Waals surface area contributed by atoms with Crippen molar-refractivity contribution in [2.45, 2.75) is 64.1 Å². The molecular weight excluding hydrogens is 614 g/mol. The number of imide groups is 1. The van der Waals surface area contributed by atoms with Crippen LogP contribution in [0.2, 0.25) is 0 Å². The van der Waals surface area contributed by atoms with Crippen LogP contribution in [0.5, 0.6) is 5.88 Å². The highest BCUT2D eigenvalue weighted by Crippen LogP contribution is 2.26. The highest BCUT2D eigenvalue weighted by molar-refractivity contribution is 5.99. The number of carboxylic acids is 1. The standard InChI is InChI=1S/C31H41N7O9/c1-5-46-30(45)37-17-15-36(16-18-37)27(42)22(13-14-25(39)40)33-26(41)23-19-24(38(34-23)21-9-7-6-8-10-21)47-31(2,3)28(43)35(4)29(44)32-20-11-12-20/h6-10,19-20,22H,5,11-18H2,1-4H3,(H,32,44)(H,33,41)(H,39,40)/t22-/m0/s1. The number of para-hydroxylation sites is 1. The molecule has 6 amide bonds. The zero-order valence-electron chi connectivity index (χ0n) is 26.9. The second kappa shape index (κ2) is 15.0. The van der Waals surface area contributed by atoms with Gasteiger partial charge in [-0.25, -0.2) is 14.3 Å². The van der Waals surface area contributed by atoms with Crippen LogP contribution in [-0.2, 0) is 19.1 Å². The Hall–Kier alpha value is -5.15. The molecule has 0 radical (unpaired) electrons. The lowest BCUT2D eigenvalue weighted by Gasteiger charge is -2.35. The number of aliphatic carboxylic acids is 1. The largest absolute Gasteiger partial charge is 0.481 e. The van der Waals surface area contributed by atoms with E-state index >= 15 is 0 Å². The molecule has 0 unspecified atom stereocenters. The molecule has 2 fully saturated rings. The summed E-state index contributed by atoms with van der Waals surface area (Å²) in [6, 6.07) is 8.29. The van der Waals surface area contributed by atoms with E-state index in [0.717, 1.165) is 17.7 Å². The fourth-order valence-electron chi connectivity index (χ4n) is 4.90. The first-order chi connectivity index (χ1) is 22.3. The molecule has 2 aromatic rings. The van der Waals surface area contributed by atoms with E-state index in [9.17, 15) is 33.9 Å². The van der Waals surface area contributed by atoms with E-state index in [-0.39, 0.29) is 63.2 Å². The van der Waals surface area contributed by atoms with Gasteiger partial charge in [0.25, 0.3) is 11.8 Å². The molecule has 4 rings (SSSR count). The summed E-state index contributed by atoms with van der Waals surface area (Å²) in [5.74, 6) is -3.04. The number of nitrogens with zero attached hydrogens (tertiary/aromatic N) is 5. The minimum Gasteiger partial charge on any atom is -0.481 e. The number of likely N-dealkylation sites (N-methyl/N-ethyl adjacent to an activating group) is 1. The Morgan fingerprint density at radius 2 is 1.68 bits per heavy atom. The summed E-state index contributed by atoms with van der Waals surface area (Å²) >= 11 is 0. The summed E-state index contributed by atoms with van der Waals surface area (Å²) < 4.78 is 12.4. The monoisotopic (exact) mass is 655 g/mol. The van der Waals surface area contributed by atoms with Crippen molar-refractivity contribution in [3.05, 3.63) is 42.1 Å². The zero-order valence-corrected chi connectivity index (χ0v) is 26.9. The molecule has 16 heteroatoms. The molecule has 254 valence electrons. The first-order valence-electron chi connectivity index (χ1n) is 15.5. The van der Waals surface area contributed by atoms with Crippen LogP contribution in [-0.4, -0.2) is 123 Å². The molecule has 1 aromatic carbocycles. The van der Waals surface area contributed by atoms with Gasteiger partial charge in [0.05, 0.1) is 12.3 Å². The number of carbonyl (C=O) groups is 6. The molecule has 0 bridgehead atoms. The fraction of sp³-hybridized carbons (Fsp3) is 0.516. The first-order valence-corrected chi connectivity index (χ1v) is 15.5. The maximum Gasteiger partial charge on any atom is 0.409 e. The maximum absolute atomic E-state index is 13.5. The van der Waals surface area contributed by atoms with Crippen LogP contribution in [0.1, 0.15) is 56.9 Å². The number of benzene rings is 1. The summed E-state index contributed by atoms with van der Waals surface area (Å²) in [6.45, 7) is 5.68. The molecule has 1 atom stereocenters. The number of piperazine rings is 1. The number of hydrogen-bond acceptors (Lipinski definition) is 9. The van der Waals surface area contributed by atoms with Crippen LogP contribution in [0, 0.1) is 0 Å². The Morgan fingerprint density at radius 3 is 2.28 bits per heavy atom. The number of nitrogens with one attached hydrogen (secondary N) is 2. The van der Waals surface area contributed by atoms with Crippen LogP contribution >= 0.6 is 0 Å². The summed E-state index contributed by atoms with van der Waals surface area (Å²) in [5, 5.41) is 19.1. The molecule has 1 aliphatic heterocycles. The van der Waals surface area contributed by atoms with E-state index in [1.165, 1.54) is 41.4 Å². The van der Waals surface area contributed by atoms with Gasteiger partial charge in [0.2, 0.25) is 11.8 Å². The third-order valence-corrected chi connectivity index (χ3v) is 7.67. The minimum atomic E-state index is -1.57. The molecule has 1 aliphatic carbocycles. The quantitative estimate of drug-likeness (QED) is 0.303. The molecule has 16 nitrogen and oxygen atoms in total. The number of carboxylic acid groups (broad SMARTS) is 1. The average molecular weight is 656 g/mol. The Balaban J connectivity index is 1.53. The lowest BCUT2D eigenvalue weighted by atomic mass is 10.1. The van der Waals surface area contributed by atoms with Crippen molar-refractivity contribution in [3.8, 4) is 11.6 Å². The zero-order chi connectivity index (χ0) is 34.3. The predicted octanol–water partition coefficient (Wildman–Crippen LogP) is 1.62. The van der Waals surface area contributed by atoms with E-state index in [1.807, 2.05) is 0 Å². The number of carbonyl (C=O) groups excluding carboxylic acids is 5. The van der Waals surface area contributed by atoms with Gasteiger partial charge in [-0.3, -0.25) is 24.1 Å². The molecule has 2 aliphatic rings. The number of hydrogen-bond donors (Lipinski definition) is 3. The topological polar surface area (TPSA) is 193 Å². The molecule has 3 N–H and O–H groups in total. The van der Waals surface area contributed by atoms with Gasteiger partial charge in [-0.05, 0) is 52.2 Å². The number of urea groups is 1. The van der Waals surface area contributed by atoms with Crippen LogP contribution in [0.3, 0.4) is 0 Å². The highest BCUT2D eigenvalue weighted by Gasteiger charge is 2.38. The fourth-order valence-corrected chi connectivity index (χ4v) is 4.90. The van der Waals surface area contributed by atoms with Crippen molar-refractivity contribution in [3.63, 3.8) is 0 Å². The molecule has 2 heterocycles. The second-order valence-corrected chi connectivity index (χ2v) is 11.8. The van der Waals surface area contributed by atoms with E-state index in [1.54, 1.807) is 37.3 Å².